The predicted octanol–water partition coefficient (Wildman–Crippen LogP) is 6.47. The standard InChI is InChI=1S/C34H26O8/c1-39-31(35)21-9-5-19(6-10-21)29-27-17-23(33(37)41-3)13-15-25(27)26-16-14-24(34(38)42-4)18-28(26)30(29)20-7-11-22(12-8-20)32(36)40-2/h5-18H,1-4H3. The smallest absolute Gasteiger partial charge is 0.337 e. The molecular weight excluding hydrogens is 536 g/mol. The fraction of sp³-hybridized carbons (Fsp3) is 0.118. The van der Waals surface area contributed by atoms with Crippen LogP contribution in [-0.2, 0) is 18.9 Å². The second-order valence-corrected chi connectivity index (χ2v) is 9.39. The van der Waals surface area contributed by atoms with Crippen LogP contribution in [0.4, 0.5) is 0 Å². The van der Waals surface area contributed by atoms with Crippen LogP contribution in [0.25, 0.3) is 43.8 Å². The molecule has 0 spiro atoms. The van der Waals surface area contributed by atoms with Crippen LogP contribution in [0.2, 0.25) is 0 Å². The zero-order valence-corrected chi connectivity index (χ0v) is 23.3. The van der Waals surface area contributed by atoms with Gasteiger partial charge in [-0.2, -0.15) is 0 Å². The monoisotopic (exact) mass is 562 g/mol. The van der Waals surface area contributed by atoms with E-state index in [1.807, 2.05) is 12.1 Å². The van der Waals surface area contributed by atoms with Gasteiger partial charge in [-0.05, 0) is 92.3 Å². The van der Waals surface area contributed by atoms with Gasteiger partial charge in [-0.25, -0.2) is 19.2 Å². The molecule has 0 heterocycles. The van der Waals surface area contributed by atoms with Crippen molar-refractivity contribution in [1.82, 2.24) is 0 Å². The first-order valence-corrected chi connectivity index (χ1v) is 12.9. The molecule has 0 saturated carbocycles. The SMILES string of the molecule is COC(=O)c1ccc(-c2c(-c3ccc(C(=O)OC)cc3)c3cc(C(=O)OC)ccc3c3ccc(C(=O)OC)cc23)cc1. The largest absolute Gasteiger partial charge is 0.465 e. The Kier molecular flexibility index (Phi) is 7.71. The molecule has 0 atom stereocenters. The molecule has 0 N–H and O–H groups in total. The van der Waals surface area contributed by atoms with E-state index in [0.29, 0.717) is 22.3 Å². The van der Waals surface area contributed by atoms with Gasteiger partial charge in [-0.15, -0.1) is 0 Å². The molecule has 8 nitrogen and oxygen atoms in total. The Morgan fingerprint density at radius 3 is 0.976 bits per heavy atom. The summed E-state index contributed by atoms with van der Waals surface area (Å²) in [6.07, 6.45) is 0. The van der Waals surface area contributed by atoms with E-state index in [1.165, 1.54) is 28.4 Å². The van der Waals surface area contributed by atoms with Crippen molar-refractivity contribution in [2.24, 2.45) is 0 Å². The molecule has 0 bridgehead atoms. The second kappa shape index (κ2) is 11.5. The van der Waals surface area contributed by atoms with Crippen LogP contribution >= 0.6 is 0 Å². The minimum absolute atomic E-state index is 0.356. The number of esters is 4. The van der Waals surface area contributed by atoms with Gasteiger partial charge in [-0.1, -0.05) is 36.4 Å². The van der Waals surface area contributed by atoms with Crippen molar-refractivity contribution in [2.75, 3.05) is 28.4 Å². The molecule has 5 rings (SSSR count). The average Bonchev–Trinajstić information content (AvgIpc) is 3.05. The first-order valence-electron chi connectivity index (χ1n) is 12.9. The Labute approximate surface area is 241 Å². The number of carbonyl (C=O) groups excluding carboxylic acids is 4. The topological polar surface area (TPSA) is 105 Å². The summed E-state index contributed by atoms with van der Waals surface area (Å²) in [5.41, 5.74) is 4.43. The lowest BCUT2D eigenvalue weighted by Gasteiger charge is -2.20. The zero-order chi connectivity index (χ0) is 30.0. The van der Waals surface area contributed by atoms with E-state index in [1.54, 1.807) is 72.8 Å². The van der Waals surface area contributed by atoms with Crippen LogP contribution < -0.4 is 0 Å². The molecule has 0 radical (unpaired) electrons. The zero-order valence-electron chi connectivity index (χ0n) is 23.3. The molecule has 0 aliphatic heterocycles. The maximum atomic E-state index is 12.6. The maximum absolute atomic E-state index is 12.6. The summed E-state index contributed by atoms with van der Waals surface area (Å²) in [5, 5.41) is 3.15. The molecule has 0 amide bonds. The van der Waals surface area contributed by atoms with E-state index >= 15 is 0 Å². The van der Waals surface area contributed by atoms with Crippen LogP contribution in [0.15, 0.2) is 84.9 Å². The van der Waals surface area contributed by atoms with Crippen molar-refractivity contribution in [1.29, 1.82) is 0 Å². The predicted molar refractivity (Wildman–Crippen MR) is 158 cm³/mol. The molecule has 0 fully saturated rings. The van der Waals surface area contributed by atoms with Crippen LogP contribution in [-0.4, -0.2) is 52.3 Å². The van der Waals surface area contributed by atoms with Gasteiger partial charge in [-0.3, -0.25) is 0 Å². The third-order valence-electron chi connectivity index (χ3n) is 7.15. The third-order valence-corrected chi connectivity index (χ3v) is 7.15. The number of benzene rings is 5. The van der Waals surface area contributed by atoms with Crippen molar-refractivity contribution in [2.45, 2.75) is 0 Å². The Balaban J connectivity index is 1.94. The molecule has 0 aliphatic carbocycles. The summed E-state index contributed by atoms with van der Waals surface area (Å²) in [7, 11) is 5.27. The molecular formula is C34H26O8. The number of methoxy groups -OCH3 is 4. The molecule has 0 aromatic heterocycles. The number of ether oxygens (including phenoxy) is 4. The summed E-state index contributed by atoms with van der Waals surface area (Å²) in [4.78, 5) is 49.5. The van der Waals surface area contributed by atoms with Crippen LogP contribution in [0, 0.1) is 0 Å². The van der Waals surface area contributed by atoms with Crippen molar-refractivity contribution < 1.29 is 38.1 Å². The highest BCUT2D eigenvalue weighted by molar-refractivity contribution is 6.23. The average molecular weight is 563 g/mol. The van der Waals surface area contributed by atoms with Gasteiger partial charge in [0.25, 0.3) is 0 Å². The summed E-state index contributed by atoms with van der Waals surface area (Å²) < 4.78 is 19.7. The first kappa shape index (κ1) is 28.0. The number of carbonyl (C=O) groups is 4. The van der Waals surface area contributed by atoms with Gasteiger partial charge >= 0.3 is 23.9 Å². The Morgan fingerprint density at radius 1 is 0.381 bits per heavy atom. The normalized spacial score (nSPS) is 10.8. The van der Waals surface area contributed by atoms with Crippen molar-refractivity contribution >= 4 is 45.4 Å². The molecule has 5 aromatic rings. The summed E-state index contributed by atoms with van der Waals surface area (Å²) in [6, 6.07) is 24.5. The van der Waals surface area contributed by atoms with Gasteiger partial charge < -0.3 is 18.9 Å². The fourth-order valence-electron chi connectivity index (χ4n) is 5.11. The van der Waals surface area contributed by atoms with E-state index in [9.17, 15) is 19.2 Å². The quantitative estimate of drug-likeness (QED) is 0.132. The van der Waals surface area contributed by atoms with Crippen LogP contribution in [0.5, 0.6) is 0 Å². The fourth-order valence-corrected chi connectivity index (χ4v) is 5.11. The molecule has 42 heavy (non-hydrogen) atoms. The van der Waals surface area contributed by atoms with Gasteiger partial charge in [0.05, 0.1) is 50.7 Å². The molecule has 8 heteroatoms. The molecule has 210 valence electrons. The van der Waals surface area contributed by atoms with E-state index in [4.69, 9.17) is 18.9 Å². The first-order chi connectivity index (χ1) is 20.3. The lowest BCUT2D eigenvalue weighted by atomic mass is 9.83. The molecule has 0 unspecified atom stereocenters. The van der Waals surface area contributed by atoms with Gasteiger partial charge in [0.1, 0.15) is 0 Å². The highest BCUT2D eigenvalue weighted by Gasteiger charge is 2.21. The number of hydrogen-bond donors (Lipinski definition) is 0. The molecule has 0 saturated heterocycles. The Hall–Kier alpha value is -5.50. The summed E-state index contributed by atoms with van der Waals surface area (Å²) >= 11 is 0. The van der Waals surface area contributed by atoms with Crippen LogP contribution in [0.1, 0.15) is 41.4 Å². The van der Waals surface area contributed by atoms with Crippen molar-refractivity contribution in [3.05, 3.63) is 107 Å². The van der Waals surface area contributed by atoms with E-state index in [0.717, 1.165) is 43.8 Å². The third kappa shape index (κ3) is 4.94. The van der Waals surface area contributed by atoms with Crippen molar-refractivity contribution in [3.8, 4) is 22.3 Å². The van der Waals surface area contributed by atoms with Gasteiger partial charge in [0, 0.05) is 0 Å². The maximum Gasteiger partial charge on any atom is 0.337 e. The van der Waals surface area contributed by atoms with Crippen molar-refractivity contribution in [3.63, 3.8) is 0 Å². The minimum Gasteiger partial charge on any atom is -0.465 e. The molecule has 0 aliphatic rings. The summed E-state index contributed by atoms with van der Waals surface area (Å²) in [5.74, 6) is -1.93. The van der Waals surface area contributed by atoms with Gasteiger partial charge in [0.2, 0.25) is 0 Å². The van der Waals surface area contributed by atoms with E-state index in [-0.39, 0.29) is 0 Å². The lowest BCUT2D eigenvalue weighted by Crippen LogP contribution is -2.03. The summed E-state index contributed by atoms with van der Waals surface area (Å²) in [6.45, 7) is 0. The Bertz CT molecular complexity index is 1730. The Morgan fingerprint density at radius 2 is 0.667 bits per heavy atom. The number of rotatable bonds is 6. The van der Waals surface area contributed by atoms with Crippen LogP contribution in [0.3, 0.4) is 0 Å². The van der Waals surface area contributed by atoms with Gasteiger partial charge in [0.15, 0.2) is 0 Å². The second-order valence-electron chi connectivity index (χ2n) is 9.39. The minimum atomic E-state index is -0.492. The van der Waals surface area contributed by atoms with E-state index < -0.39 is 23.9 Å². The number of fused-ring (bicyclic) bond motifs is 3. The molecule has 5 aromatic carbocycles. The highest BCUT2D eigenvalue weighted by Crippen LogP contribution is 2.45. The van der Waals surface area contributed by atoms with E-state index in [2.05, 4.69) is 0 Å². The highest BCUT2D eigenvalue weighted by atomic mass is 16.5. The lowest BCUT2D eigenvalue weighted by molar-refractivity contribution is 0.0592. The number of hydrogen-bond acceptors (Lipinski definition) is 8.